The van der Waals surface area contributed by atoms with Gasteiger partial charge in [-0.2, -0.15) is 0 Å². The third-order valence-corrected chi connectivity index (χ3v) is 5.24. The number of piperidine rings is 1. The van der Waals surface area contributed by atoms with E-state index in [-0.39, 0.29) is 16.8 Å². The summed E-state index contributed by atoms with van der Waals surface area (Å²) in [5.41, 5.74) is 6.94. The van der Waals surface area contributed by atoms with Crippen LogP contribution in [0.4, 0.5) is 11.4 Å². The number of hydrogen-bond donors (Lipinski definition) is 3. The number of carbonyl (C=O) groups excluding carboxylic acids is 1. The largest absolute Gasteiger partial charge is 0.397 e. The first-order chi connectivity index (χ1) is 9.80. The fourth-order valence-electron chi connectivity index (χ4n) is 2.11. The second kappa shape index (κ2) is 5.90. The Labute approximate surface area is 124 Å². The maximum absolute atomic E-state index is 12.1. The maximum Gasteiger partial charge on any atom is 0.242 e. The van der Waals surface area contributed by atoms with Gasteiger partial charge in [0, 0.05) is 33.1 Å². The summed E-state index contributed by atoms with van der Waals surface area (Å²) in [5, 5.41) is 5.96. The normalized spacial score (nSPS) is 19.4. The average Bonchev–Trinajstić information content (AvgIpc) is 2.43. The number of nitrogens with one attached hydrogen (secondary N) is 2. The van der Waals surface area contributed by atoms with E-state index in [1.54, 1.807) is 6.07 Å². The van der Waals surface area contributed by atoms with E-state index in [2.05, 4.69) is 10.6 Å². The third kappa shape index (κ3) is 3.45. The topological polar surface area (TPSA) is 105 Å². The number of rotatable bonds is 4. The summed E-state index contributed by atoms with van der Waals surface area (Å²) < 4.78 is 25.4. The van der Waals surface area contributed by atoms with Crippen LogP contribution in [0, 0.1) is 0 Å². The number of benzene rings is 1. The van der Waals surface area contributed by atoms with Gasteiger partial charge in [-0.1, -0.05) is 0 Å². The van der Waals surface area contributed by atoms with Gasteiger partial charge >= 0.3 is 0 Å². The van der Waals surface area contributed by atoms with Crippen LogP contribution < -0.4 is 16.4 Å². The van der Waals surface area contributed by atoms with Crippen LogP contribution in [0.25, 0.3) is 0 Å². The third-order valence-electron chi connectivity index (χ3n) is 3.43. The van der Waals surface area contributed by atoms with E-state index in [0.717, 1.165) is 4.31 Å². The number of hydrogen-bond acceptors (Lipinski definition) is 5. The van der Waals surface area contributed by atoms with Crippen molar-refractivity contribution in [2.24, 2.45) is 0 Å². The van der Waals surface area contributed by atoms with Gasteiger partial charge in [-0.25, -0.2) is 12.7 Å². The number of anilines is 2. The number of carbonyl (C=O) groups is 1. The molecule has 2 rings (SSSR count). The monoisotopic (exact) mass is 312 g/mol. The lowest BCUT2D eigenvalue weighted by atomic mass is 10.1. The summed E-state index contributed by atoms with van der Waals surface area (Å²) in [5.74, 6) is 0.0324. The molecule has 1 unspecified atom stereocenters. The molecule has 0 aliphatic carbocycles. The summed E-state index contributed by atoms with van der Waals surface area (Å²) in [6.45, 7) is 0.503. The summed E-state index contributed by atoms with van der Waals surface area (Å²) in [6, 6.07) is 4.63. The summed E-state index contributed by atoms with van der Waals surface area (Å²) in [4.78, 5) is 11.3. The Kier molecular flexibility index (Phi) is 4.38. The smallest absolute Gasteiger partial charge is 0.242 e. The summed E-state index contributed by atoms with van der Waals surface area (Å²) in [6.07, 6.45) is 1.14. The second-order valence-electron chi connectivity index (χ2n) is 5.22. The number of nitrogens with zero attached hydrogens (tertiary/aromatic N) is 1. The minimum atomic E-state index is -3.50. The molecular weight excluding hydrogens is 292 g/mol. The highest BCUT2D eigenvalue weighted by Gasteiger charge is 2.21. The lowest BCUT2D eigenvalue weighted by molar-refractivity contribution is -0.122. The van der Waals surface area contributed by atoms with Crippen molar-refractivity contribution in [1.82, 2.24) is 9.62 Å². The molecule has 21 heavy (non-hydrogen) atoms. The molecule has 0 saturated carbocycles. The Morgan fingerprint density at radius 1 is 1.38 bits per heavy atom. The minimum absolute atomic E-state index is 0.0324. The van der Waals surface area contributed by atoms with Crippen molar-refractivity contribution in [1.29, 1.82) is 0 Å². The van der Waals surface area contributed by atoms with Crippen molar-refractivity contribution in [3.05, 3.63) is 18.2 Å². The summed E-state index contributed by atoms with van der Waals surface area (Å²) >= 11 is 0. The predicted molar refractivity (Wildman–Crippen MR) is 81.4 cm³/mol. The molecule has 116 valence electrons. The van der Waals surface area contributed by atoms with Gasteiger partial charge in [-0.15, -0.1) is 0 Å². The molecule has 1 aliphatic heterocycles. The highest BCUT2D eigenvalue weighted by atomic mass is 32.2. The van der Waals surface area contributed by atoms with E-state index in [0.29, 0.717) is 30.8 Å². The van der Waals surface area contributed by atoms with Crippen molar-refractivity contribution >= 4 is 27.3 Å². The van der Waals surface area contributed by atoms with Crippen LogP contribution in [0.3, 0.4) is 0 Å². The molecule has 0 spiro atoms. The highest BCUT2D eigenvalue weighted by Crippen LogP contribution is 2.25. The van der Waals surface area contributed by atoms with Gasteiger partial charge in [-0.05, 0) is 24.6 Å². The number of sulfonamides is 1. The number of nitrogen functional groups attached to an aromatic ring is 1. The van der Waals surface area contributed by atoms with Crippen LogP contribution >= 0.6 is 0 Å². The first-order valence-corrected chi connectivity index (χ1v) is 8.10. The lowest BCUT2D eigenvalue weighted by Crippen LogP contribution is -2.42. The molecule has 1 fully saturated rings. The quantitative estimate of drug-likeness (QED) is 0.689. The Hall–Kier alpha value is -1.80. The molecule has 0 aromatic heterocycles. The minimum Gasteiger partial charge on any atom is -0.397 e. The van der Waals surface area contributed by atoms with Crippen LogP contribution in [0.1, 0.15) is 12.8 Å². The molecule has 1 heterocycles. The Morgan fingerprint density at radius 2 is 2.10 bits per heavy atom. The molecular formula is C13H20N4O3S. The Morgan fingerprint density at radius 3 is 2.67 bits per heavy atom. The maximum atomic E-state index is 12.1. The van der Waals surface area contributed by atoms with Gasteiger partial charge in [-0.3, -0.25) is 4.79 Å². The van der Waals surface area contributed by atoms with Crippen LogP contribution in [0.2, 0.25) is 0 Å². The molecule has 0 radical (unpaired) electrons. The first-order valence-electron chi connectivity index (χ1n) is 6.66. The highest BCUT2D eigenvalue weighted by molar-refractivity contribution is 7.89. The van der Waals surface area contributed by atoms with Gasteiger partial charge in [0.05, 0.1) is 16.3 Å². The lowest BCUT2D eigenvalue weighted by Gasteiger charge is -2.25. The first kappa shape index (κ1) is 15.6. The second-order valence-corrected chi connectivity index (χ2v) is 7.37. The van der Waals surface area contributed by atoms with E-state index in [9.17, 15) is 13.2 Å². The van der Waals surface area contributed by atoms with Crippen molar-refractivity contribution in [3.63, 3.8) is 0 Å². The molecule has 1 amide bonds. The molecule has 0 bridgehead atoms. The van der Waals surface area contributed by atoms with E-state index in [1.165, 1.54) is 26.2 Å². The van der Waals surface area contributed by atoms with E-state index < -0.39 is 10.0 Å². The zero-order chi connectivity index (χ0) is 15.6. The van der Waals surface area contributed by atoms with Crippen LogP contribution in [0.15, 0.2) is 23.1 Å². The van der Waals surface area contributed by atoms with Crippen LogP contribution in [-0.2, 0) is 14.8 Å². The predicted octanol–water partition coefficient (Wildman–Crippen LogP) is 0.210. The van der Waals surface area contributed by atoms with Gasteiger partial charge in [0.15, 0.2) is 0 Å². The molecule has 1 atom stereocenters. The average molecular weight is 312 g/mol. The molecule has 1 aromatic rings. The number of amides is 1. The molecule has 1 saturated heterocycles. The van der Waals surface area contributed by atoms with E-state index >= 15 is 0 Å². The Bertz CT molecular complexity index is 633. The molecule has 1 aromatic carbocycles. The van der Waals surface area contributed by atoms with Crippen molar-refractivity contribution < 1.29 is 13.2 Å². The van der Waals surface area contributed by atoms with Crippen LogP contribution in [-0.4, -0.2) is 45.3 Å². The van der Waals surface area contributed by atoms with Gasteiger partial charge in [0.25, 0.3) is 0 Å². The summed E-state index contributed by atoms with van der Waals surface area (Å²) in [7, 11) is -0.534. The molecule has 8 heteroatoms. The van der Waals surface area contributed by atoms with Crippen molar-refractivity contribution in [3.8, 4) is 0 Å². The molecule has 4 N–H and O–H groups in total. The van der Waals surface area contributed by atoms with Gasteiger partial charge < -0.3 is 16.4 Å². The van der Waals surface area contributed by atoms with Crippen LogP contribution in [0.5, 0.6) is 0 Å². The van der Waals surface area contributed by atoms with Crippen molar-refractivity contribution in [2.45, 2.75) is 23.8 Å². The van der Waals surface area contributed by atoms with Gasteiger partial charge in [0.2, 0.25) is 15.9 Å². The fourth-order valence-corrected chi connectivity index (χ4v) is 3.04. The van der Waals surface area contributed by atoms with E-state index in [1.807, 2.05) is 0 Å². The standard InChI is InChI=1S/C13H20N4O3S/c1-17(2)21(19,20)10-4-5-11(14)12(7-10)16-9-3-6-13(18)15-8-9/h4-5,7,9,16H,3,6,8,14H2,1-2H3,(H,15,18). The van der Waals surface area contributed by atoms with Crippen molar-refractivity contribution in [2.75, 3.05) is 31.7 Å². The number of nitrogens with two attached hydrogens (primary N) is 1. The molecule has 1 aliphatic rings. The SMILES string of the molecule is CN(C)S(=O)(=O)c1ccc(N)c(NC2CCC(=O)NC2)c1. The van der Waals surface area contributed by atoms with E-state index in [4.69, 9.17) is 5.73 Å². The molecule has 7 nitrogen and oxygen atoms in total. The van der Waals surface area contributed by atoms with Gasteiger partial charge in [0.1, 0.15) is 0 Å². The zero-order valence-corrected chi connectivity index (χ0v) is 12.9. The zero-order valence-electron chi connectivity index (χ0n) is 12.1. The Balaban J connectivity index is 2.22. The fraction of sp³-hybridized carbons (Fsp3) is 0.462.